The molecule has 1 aliphatic rings. The van der Waals surface area contributed by atoms with Crippen molar-refractivity contribution in [3.8, 4) is 0 Å². The summed E-state index contributed by atoms with van der Waals surface area (Å²) in [6.45, 7) is 10.1. The van der Waals surface area contributed by atoms with Crippen LogP contribution >= 0.6 is 11.5 Å². The van der Waals surface area contributed by atoms with E-state index in [1.165, 1.54) is 11.5 Å². The fraction of sp³-hybridized carbons (Fsp3) is 0.200. The molecule has 2 aromatic heterocycles. The fourth-order valence-corrected chi connectivity index (χ4v) is 3.74. The standard InChI is InChI=1S/C20H20N6O2S/c1-3-4-7-14(2)17-22-20(29-24-17)26-12-10-25(11-13-26)19(27)21-18-15-8-5-6-9-16(15)28-23-18/h3-9H,1-2,10-13H2,(H,21,23,27)/b7-4-. The van der Waals surface area contributed by atoms with E-state index in [0.29, 0.717) is 43.4 Å². The van der Waals surface area contributed by atoms with E-state index in [1.807, 2.05) is 30.3 Å². The van der Waals surface area contributed by atoms with Crippen molar-refractivity contribution >= 4 is 45.1 Å². The number of hydrogen-bond donors (Lipinski definition) is 1. The lowest BCUT2D eigenvalue weighted by Crippen LogP contribution is -2.50. The molecule has 9 heteroatoms. The maximum absolute atomic E-state index is 12.6. The SMILES string of the molecule is C=C/C=C\C(=C)c1nsc(N2CCN(C(=O)Nc3noc4ccccc34)CC2)n1. The second-order valence-corrected chi connectivity index (χ2v) is 7.18. The van der Waals surface area contributed by atoms with Crippen molar-refractivity contribution in [3.63, 3.8) is 0 Å². The number of aromatic nitrogens is 3. The van der Waals surface area contributed by atoms with Gasteiger partial charge in [0.1, 0.15) is 0 Å². The first-order valence-corrected chi connectivity index (χ1v) is 9.90. The van der Waals surface area contributed by atoms with Crippen LogP contribution in [0.25, 0.3) is 16.5 Å². The first-order valence-electron chi connectivity index (χ1n) is 9.13. The van der Waals surface area contributed by atoms with E-state index in [4.69, 9.17) is 4.52 Å². The van der Waals surface area contributed by atoms with Gasteiger partial charge in [0.15, 0.2) is 17.2 Å². The smallest absolute Gasteiger partial charge is 0.323 e. The van der Waals surface area contributed by atoms with Gasteiger partial charge in [-0.25, -0.2) is 4.79 Å². The van der Waals surface area contributed by atoms with Crippen LogP contribution in [-0.2, 0) is 0 Å². The van der Waals surface area contributed by atoms with Gasteiger partial charge in [-0.05, 0) is 12.1 Å². The van der Waals surface area contributed by atoms with Gasteiger partial charge in [0.05, 0.1) is 5.39 Å². The van der Waals surface area contributed by atoms with Crippen molar-refractivity contribution in [3.05, 3.63) is 61.5 Å². The molecule has 4 rings (SSSR count). The van der Waals surface area contributed by atoms with Gasteiger partial charge in [-0.3, -0.25) is 5.32 Å². The number of urea groups is 1. The van der Waals surface area contributed by atoms with E-state index in [1.54, 1.807) is 17.1 Å². The molecule has 2 amide bonds. The summed E-state index contributed by atoms with van der Waals surface area (Å²) >= 11 is 1.34. The molecule has 0 spiro atoms. The third-order valence-corrected chi connectivity index (χ3v) is 5.35. The summed E-state index contributed by atoms with van der Waals surface area (Å²) in [5.74, 6) is 1.05. The minimum Gasteiger partial charge on any atom is -0.354 e. The van der Waals surface area contributed by atoms with E-state index < -0.39 is 0 Å². The van der Waals surface area contributed by atoms with Gasteiger partial charge in [0.25, 0.3) is 0 Å². The molecule has 1 aliphatic heterocycles. The molecule has 3 heterocycles. The number of para-hydroxylation sites is 1. The first kappa shape index (κ1) is 18.9. The summed E-state index contributed by atoms with van der Waals surface area (Å²) in [5, 5.41) is 8.40. The molecule has 1 fully saturated rings. The number of allylic oxidation sites excluding steroid dienone is 4. The summed E-state index contributed by atoms with van der Waals surface area (Å²) in [6.07, 6.45) is 5.32. The largest absolute Gasteiger partial charge is 0.354 e. The number of nitrogens with zero attached hydrogens (tertiary/aromatic N) is 5. The number of fused-ring (bicyclic) bond motifs is 1. The Morgan fingerprint density at radius 1 is 1.24 bits per heavy atom. The third-order valence-electron chi connectivity index (χ3n) is 4.58. The first-order chi connectivity index (χ1) is 14.2. The van der Waals surface area contributed by atoms with Crippen LogP contribution < -0.4 is 10.2 Å². The highest BCUT2D eigenvalue weighted by atomic mass is 32.1. The van der Waals surface area contributed by atoms with E-state index in [2.05, 4.69) is 37.9 Å². The predicted molar refractivity (Wildman–Crippen MR) is 115 cm³/mol. The van der Waals surface area contributed by atoms with E-state index in [-0.39, 0.29) is 6.03 Å². The number of rotatable bonds is 5. The average Bonchev–Trinajstić information content (AvgIpc) is 3.40. The molecule has 0 unspecified atom stereocenters. The van der Waals surface area contributed by atoms with E-state index in [9.17, 15) is 4.79 Å². The Morgan fingerprint density at radius 3 is 2.83 bits per heavy atom. The summed E-state index contributed by atoms with van der Waals surface area (Å²) in [5.41, 5.74) is 1.38. The van der Waals surface area contributed by atoms with Crippen LogP contribution in [0.5, 0.6) is 0 Å². The average molecular weight is 408 g/mol. The molecule has 148 valence electrons. The fourth-order valence-electron chi connectivity index (χ4n) is 2.99. The minimum atomic E-state index is -0.190. The number of anilines is 2. The molecule has 8 nitrogen and oxygen atoms in total. The highest BCUT2D eigenvalue weighted by Crippen LogP contribution is 2.24. The number of amides is 2. The zero-order chi connectivity index (χ0) is 20.2. The van der Waals surface area contributed by atoms with Crippen molar-refractivity contribution in [2.24, 2.45) is 0 Å². The zero-order valence-corrected chi connectivity index (χ0v) is 16.6. The predicted octanol–water partition coefficient (Wildman–Crippen LogP) is 3.79. The molecule has 0 aliphatic carbocycles. The van der Waals surface area contributed by atoms with E-state index in [0.717, 1.165) is 16.1 Å². The quantitative estimate of drug-likeness (QED) is 0.647. The summed E-state index contributed by atoms with van der Waals surface area (Å²) in [7, 11) is 0. The summed E-state index contributed by atoms with van der Waals surface area (Å²) in [4.78, 5) is 21.1. The van der Waals surface area contributed by atoms with Crippen molar-refractivity contribution in [1.29, 1.82) is 0 Å². The molecule has 1 aromatic carbocycles. The number of carbonyl (C=O) groups excluding carboxylic acids is 1. The molecule has 1 saturated heterocycles. The Labute approximate surface area is 172 Å². The van der Waals surface area contributed by atoms with Gasteiger partial charge in [-0.2, -0.15) is 9.36 Å². The van der Waals surface area contributed by atoms with Crippen LogP contribution in [0.3, 0.4) is 0 Å². The highest BCUT2D eigenvalue weighted by Gasteiger charge is 2.24. The van der Waals surface area contributed by atoms with Gasteiger partial charge < -0.3 is 14.3 Å². The minimum absolute atomic E-state index is 0.190. The molecule has 0 bridgehead atoms. The number of carbonyl (C=O) groups is 1. The normalized spacial score (nSPS) is 14.5. The number of hydrogen-bond acceptors (Lipinski definition) is 7. The van der Waals surface area contributed by atoms with Crippen LogP contribution in [-0.4, -0.2) is 51.6 Å². The number of benzene rings is 1. The Kier molecular flexibility index (Phi) is 5.39. The lowest BCUT2D eigenvalue weighted by atomic mass is 10.2. The van der Waals surface area contributed by atoms with Crippen molar-refractivity contribution in [1.82, 2.24) is 19.4 Å². The second-order valence-electron chi connectivity index (χ2n) is 6.45. The van der Waals surface area contributed by atoms with Crippen LogP contribution in [0.15, 0.2) is 60.2 Å². The zero-order valence-electron chi connectivity index (χ0n) is 15.7. The molecular formula is C20H20N6O2S. The van der Waals surface area contributed by atoms with Crippen molar-refractivity contribution in [2.75, 3.05) is 36.4 Å². The number of nitrogens with one attached hydrogen (secondary N) is 1. The maximum atomic E-state index is 12.6. The third kappa shape index (κ3) is 4.04. The molecule has 1 N–H and O–H groups in total. The Hall–Kier alpha value is -3.46. The van der Waals surface area contributed by atoms with Gasteiger partial charge in [0, 0.05) is 43.3 Å². The topological polar surface area (TPSA) is 87.4 Å². The van der Waals surface area contributed by atoms with Gasteiger partial charge >= 0.3 is 6.03 Å². The molecule has 29 heavy (non-hydrogen) atoms. The molecule has 3 aromatic rings. The molecule has 0 saturated carbocycles. The Morgan fingerprint density at radius 2 is 2.03 bits per heavy atom. The van der Waals surface area contributed by atoms with Gasteiger partial charge in [-0.1, -0.05) is 48.7 Å². The molecule has 0 atom stereocenters. The summed E-state index contributed by atoms with van der Waals surface area (Å²) in [6, 6.07) is 7.23. The van der Waals surface area contributed by atoms with Crippen LogP contribution in [0.1, 0.15) is 5.82 Å². The Balaban J connectivity index is 1.35. The summed E-state index contributed by atoms with van der Waals surface area (Å²) < 4.78 is 9.61. The molecule has 0 radical (unpaired) electrons. The second kappa shape index (κ2) is 8.27. The maximum Gasteiger partial charge on any atom is 0.323 e. The van der Waals surface area contributed by atoms with Crippen LogP contribution in [0, 0.1) is 0 Å². The molecular weight excluding hydrogens is 388 g/mol. The van der Waals surface area contributed by atoms with E-state index >= 15 is 0 Å². The lowest BCUT2D eigenvalue weighted by Gasteiger charge is -2.34. The monoisotopic (exact) mass is 408 g/mol. The van der Waals surface area contributed by atoms with Crippen molar-refractivity contribution < 1.29 is 9.32 Å². The van der Waals surface area contributed by atoms with Crippen LogP contribution in [0.2, 0.25) is 0 Å². The highest BCUT2D eigenvalue weighted by molar-refractivity contribution is 7.09. The Bertz CT molecular complexity index is 1080. The lowest BCUT2D eigenvalue weighted by molar-refractivity contribution is 0.208. The number of piperazine rings is 1. The van der Waals surface area contributed by atoms with Crippen molar-refractivity contribution in [2.45, 2.75) is 0 Å². The van der Waals surface area contributed by atoms with Gasteiger partial charge in [-0.15, -0.1) is 0 Å². The van der Waals surface area contributed by atoms with Gasteiger partial charge in [0.2, 0.25) is 5.13 Å². The van der Waals surface area contributed by atoms with Crippen LogP contribution in [0.4, 0.5) is 15.7 Å².